The van der Waals surface area contributed by atoms with Gasteiger partial charge < -0.3 is 9.47 Å². The van der Waals surface area contributed by atoms with E-state index in [-0.39, 0.29) is 0 Å². The Labute approximate surface area is 180 Å². The number of hydrogen-bond acceptors (Lipinski definition) is 2. The van der Waals surface area contributed by atoms with Crippen LogP contribution in [-0.2, 0) is 4.74 Å². The van der Waals surface area contributed by atoms with Crippen LogP contribution in [0.3, 0.4) is 0 Å². The molecule has 0 heterocycles. The van der Waals surface area contributed by atoms with E-state index in [2.05, 4.69) is 41.1 Å². The van der Waals surface area contributed by atoms with E-state index in [1.54, 1.807) is 0 Å². The quantitative estimate of drug-likeness (QED) is 0.212. The standard InChI is InChI=1S/C25H37BrO2/c1-4-5-6-7-8-9-10-11-12-13-19-27-25(2,3)28-24-16-14-15-21-20-22(26)17-18-23(21)24/h14-18,20H,4-13,19H2,1-3H3. The molecule has 0 radical (unpaired) electrons. The minimum Gasteiger partial charge on any atom is -0.462 e. The fourth-order valence-corrected chi connectivity index (χ4v) is 3.89. The summed E-state index contributed by atoms with van der Waals surface area (Å²) in [7, 11) is 0. The number of fused-ring (bicyclic) bond motifs is 1. The van der Waals surface area contributed by atoms with Crippen molar-refractivity contribution in [3.63, 3.8) is 0 Å². The van der Waals surface area contributed by atoms with E-state index in [1.165, 1.54) is 57.8 Å². The van der Waals surface area contributed by atoms with Crippen LogP contribution < -0.4 is 4.74 Å². The van der Waals surface area contributed by atoms with E-state index in [1.807, 2.05) is 32.0 Å². The number of halogens is 1. The Morgan fingerprint density at radius 2 is 1.46 bits per heavy atom. The van der Waals surface area contributed by atoms with Crippen molar-refractivity contribution in [3.05, 3.63) is 40.9 Å². The molecule has 0 unspecified atom stereocenters. The first-order valence-corrected chi connectivity index (χ1v) is 11.8. The molecule has 3 heteroatoms. The predicted octanol–water partition coefficient (Wildman–Crippen LogP) is 8.65. The van der Waals surface area contributed by atoms with E-state index >= 15 is 0 Å². The minimum absolute atomic E-state index is 0.624. The van der Waals surface area contributed by atoms with Crippen LogP contribution in [0, 0.1) is 0 Å². The molecule has 0 aliphatic heterocycles. The van der Waals surface area contributed by atoms with Crippen LogP contribution in [0.1, 0.15) is 85.0 Å². The molecule has 2 rings (SSSR count). The third-order valence-corrected chi connectivity index (χ3v) is 5.60. The van der Waals surface area contributed by atoms with Gasteiger partial charge in [0.1, 0.15) is 5.75 Å². The van der Waals surface area contributed by atoms with Crippen molar-refractivity contribution in [2.45, 2.75) is 90.8 Å². The zero-order valence-corrected chi connectivity index (χ0v) is 19.5. The molecule has 0 amide bonds. The van der Waals surface area contributed by atoms with Crippen molar-refractivity contribution in [3.8, 4) is 5.75 Å². The molecule has 2 aromatic rings. The van der Waals surface area contributed by atoms with Gasteiger partial charge in [0.05, 0.1) is 6.61 Å². The molecule has 2 nitrogen and oxygen atoms in total. The lowest BCUT2D eigenvalue weighted by Crippen LogP contribution is -2.32. The largest absolute Gasteiger partial charge is 0.462 e. The first-order chi connectivity index (χ1) is 13.5. The summed E-state index contributed by atoms with van der Waals surface area (Å²) in [4.78, 5) is 0. The average Bonchev–Trinajstić information content (AvgIpc) is 2.65. The third-order valence-electron chi connectivity index (χ3n) is 5.11. The van der Waals surface area contributed by atoms with E-state index in [9.17, 15) is 0 Å². The second-order valence-electron chi connectivity index (χ2n) is 8.15. The topological polar surface area (TPSA) is 18.5 Å². The van der Waals surface area contributed by atoms with Crippen molar-refractivity contribution >= 4 is 26.7 Å². The zero-order valence-electron chi connectivity index (χ0n) is 17.9. The molecule has 156 valence electrons. The smallest absolute Gasteiger partial charge is 0.204 e. The highest BCUT2D eigenvalue weighted by Crippen LogP contribution is 2.31. The normalized spacial score (nSPS) is 11.9. The fourth-order valence-electron chi connectivity index (χ4n) is 3.52. The average molecular weight is 449 g/mol. The van der Waals surface area contributed by atoms with Gasteiger partial charge in [0.25, 0.3) is 0 Å². The summed E-state index contributed by atoms with van der Waals surface area (Å²) in [6.07, 6.45) is 13.4. The molecule has 0 bridgehead atoms. The molecule has 0 saturated heterocycles. The van der Waals surface area contributed by atoms with E-state index in [4.69, 9.17) is 9.47 Å². The van der Waals surface area contributed by atoms with Gasteiger partial charge >= 0.3 is 0 Å². The first-order valence-electron chi connectivity index (χ1n) is 11.0. The van der Waals surface area contributed by atoms with Gasteiger partial charge in [-0.25, -0.2) is 0 Å². The lowest BCUT2D eigenvalue weighted by Gasteiger charge is -2.27. The van der Waals surface area contributed by atoms with Gasteiger partial charge in [0.2, 0.25) is 5.79 Å². The summed E-state index contributed by atoms with van der Waals surface area (Å²) < 4.78 is 13.3. The Kier molecular flexibility index (Phi) is 10.4. The number of hydrogen-bond donors (Lipinski definition) is 0. The Bertz CT molecular complexity index is 696. The highest BCUT2D eigenvalue weighted by molar-refractivity contribution is 9.10. The van der Waals surface area contributed by atoms with Crippen molar-refractivity contribution < 1.29 is 9.47 Å². The molecule has 0 aliphatic carbocycles. The molecule has 28 heavy (non-hydrogen) atoms. The van der Waals surface area contributed by atoms with Crippen LogP contribution in [0.4, 0.5) is 0 Å². The summed E-state index contributed by atoms with van der Waals surface area (Å²) >= 11 is 3.53. The highest BCUT2D eigenvalue weighted by atomic mass is 79.9. The minimum atomic E-state index is -0.624. The van der Waals surface area contributed by atoms with Crippen LogP contribution in [0.2, 0.25) is 0 Å². The fraction of sp³-hybridized carbons (Fsp3) is 0.600. The lowest BCUT2D eigenvalue weighted by molar-refractivity contribution is -0.156. The van der Waals surface area contributed by atoms with E-state index < -0.39 is 5.79 Å². The molecule has 2 aromatic carbocycles. The molecule has 0 aromatic heterocycles. The van der Waals surface area contributed by atoms with Crippen LogP contribution in [0.15, 0.2) is 40.9 Å². The van der Waals surface area contributed by atoms with Gasteiger partial charge in [0, 0.05) is 23.7 Å². The van der Waals surface area contributed by atoms with Gasteiger partial charge in [-0.05, 0) is 36.1 Å². The Morgan fingerprint density at radius 1 is 0.821 bits per heavy atom. The Morgan fingerprint density at radius 3 is 2.14 bits per heavy atom. The summed E-state index contributed by atoms with van der Waals surface area (Å²) in [6, 6.07) is 12.4. The van der Waals surface area contributed by atoms with Crippen molar-refractivity contribution in [2.24, 2.45) is 0 Å². The summed E-state index contributed by atoms with van der Waals surface area (Å²) in [5, 5.41) is 2.28. The third kappa shape index (κ3) is 8.53. The van der Waals surface area contributed by atoms with Crippen LogP contribution >= 0.6 is 15.9 Å². The molecular weight excluding hydrogens is 412 g/mol. The predicted molar refractivity (Wildman–Crippen MR) is 124 cm³/mol. The summed E-state index contributed by atoms with van der Waals surface area (Å²) in [5.74, 6) is 0.249. The Balaban J connectivity index is 1.65. The van der Waals surface area contributed by atoms with Crippen LogP contribution in [0.5, 0.6) is 5.75 Å². The molecule has 0 atom stereocenters. The van der Waals surface area contributed by atoms with Gasteiger partial charge in [-0.3, -0.25) is 0 Å². The maximum Gasteiger partial charge on any atom is 0.204 e. The maximum absolute atomic E-state index is 6.21. The zero-order chi connectivity index (χ0) is 20.2. The van der Waals surface area contributed by atoms with Gasteiger partial charge in [-0.2, -0.15) is 0 Å². The SMILES string of the molecule is CCCCCCCCCCCCOC(C)(C)Oc1cccc2cc(Br)ccc12. The second kappa shape index (κ2) is 12.5. The summed E-state index contributed by atoms with van der Waals surface area (Å²) in [5.41, 5.74) is 0. The van der Waals surface area contributed by atoms with Crippen LogP contribution in [-0.4, -0.2) is 12.4 Å². The molecule has 0 fully saturated rings. The van der Waals surface area contributed by atoms with Gasteiger partial charge in [-0.15, -0.1) is 0 Å². The number of benzene rings is 2. The van der Waals surface area contributed by atoms with Crippen molar-refractivity contribution in [1.82, 2.24) is 0 Å². The number of ether oxygens (including phenoxy) is 2. The monoisotopic (exact) mass is 448 g/mol. The molecule has 0 saturated carbocycles. The van der Waals surface area contributed by atoms with Crippen molar-refractivity contribution in [2.75, 3.05) is 6.61 Å². The van der Waals surface area contributed by atoms with Gasteiger partial charge in [-0.1, -0.05) is 92.8 Å². The number of rotatable bonds is 14. The van der Waals surface area contributed by atoms with Gasteiger partial charge in [0.15, 0.2) is 0 Å². The lowest BCUT2D eigenvalue weighted by atomic mass is 10.1. The van der Waals surface area contributed by atoms with Crippen LogP contribution in [0.25, 0.3) is 10.8 Å². The maximum atomic E-state index is 6.21. The Hall–Kier alpha value is -1.06. The number of unbranched alkanes of at least 4 members (excludes halogenated alkanes) is 9. The second-order valence-corrected chi connectivity index (χ2v) is 9.07. The van der Waals surface area contributed by atoms with E-state index in [0.29, 0.717) is 0 Å². The van der Waals surface area contributed by atoms with Crippen molar-refractivity contribution in [1.29, 1.82) is 0 Å². The highest BCUT2D eigenvalue weighted by Gasteiger charge is 2.21. The molecule has 0 spiro atoms. The molecule has 0 aliphatic rings. The first kappa shape index (κ1) is 23.2. The summed E-state index contributed by atoms with van der Waals surface area (Å²) in [6.45, 7) is 7.03. The van der Waals surface area contributed by atoms with E-state index in [0.717, 1.165) is 34.0 Å². The molecular formula is C25H37BrO2. The molecule has 0 N–H and O–H groups in total.